The van der Waals surface area contributed by atoms with E-state index in [1.54, 1.807) is 0 Å². The molecule has 0 bridgehead atoms. The Kier molecular flexibility index (Phi) is 4.25. The predicted molar refractivity (Wildman–Crippen MR) is 107 cm³/mol. The summed E-state index contributed by atoms with van der Waals surface area (Å²) in [5.41, 5.74) is 2.54. The van der Waals surface area contributed by atoms with Gasteiger partial charge in [0.25, 0.3) is 0 Å². The fourth-order valence-electron chi connectivity index (χ4n) is 3.44. The maximum absolute atomic E-state index is 5.03. The zero-order valence-electron chi connectivity index (χ0n) is 14.7. The van der Waals surface area contributed by atoms with Gasteiger partial charge in [-0.05, 0) is 58.7 Å². The normalized spacial score (nSPS) is 13.8. The first-order valence-electron chi connectivity index (χ1n) is 8.88. The highest BCUT2D eigenvalue weighted by Crippen LogP contribution is 2.26. The van der Waals surface area contributed by atoms with E-state index in [1.165, 1.54) is 32.7 Å². The van der Waals surface area contributed by atoms with Crippen molar-refractivity contribution in [2.75, 3.05) is 0 Å². The zero-order chi connectivity index (χ0) is 17.2. The summed E-state index contributed by atoms with van der Waals surface area (Å²) in [6, 6.07) is 30.6. The number of benzene rings is 4. The topological polar surface area (TPSA) is 14.1 Å². The number of hydrogen-bond donors (Lipinski definition) is 0. The van der Waals surface area contributed by atoms with Crippen molar-refractivity contribution in [1.29, 1.82) is 0 Å². The first kappa shape index (κ1) is 15.9. The van der Waals surface area contributed by atoms with Gasteiger partial charge in [-0.1, -0.05) is 72.8 Å². The largest absolute Gasteiger partial charge is 0.226 e. The Morgan fingerprint density at radius 1 is 0.520 bits per heavy atom. The van der Waals surface area contributed by atoms with Gasteiger partial charge in [0.05, 0.1) is 0 Å². The maximum Gasteiger partial charge on any atom is 0.0474 e. The highest BCUT2D eigenvalue weighted by atomic mass is 14.9. The van der Waals surface area contributed by atoms with Gasteiger partial charge in [-0.25, -0.2) is 5.32 Å². The van der Waals surface area contributed by atoms with Crippen LogP contribution in [0.3, 0.4) is 0 Å². The molecule has 0 saturated carbocycles. The fraction of sp³-hybridized carbons (Fsp3) is 0.167. The predicted octanol–water partition coefficient (Wildman–Crippen LogP) is 6.42. The van der Waals surface area contributed by atoms with Crippen molar-refractivity contribution in [3.8, 4) is 0 Å². The molecule has 0 N–H and O–H groups in total. The number of fused-ring (bicyclic) bond motifs is 2. The molecule has 4 aromatic carbocycles. The second-order valence-corrected chi connectivity index (χ2v) is 6.71. The molecule has 1 heteroatoms. The van der Waals surface area contributed by atoms with Crippen LogP contribution in [-0.2, 0) is 0 Å². The number of rotatable bonds is 4. The van der Waals surface area contributed by atoms with Crippen molar-refractivity contribution in [2.45, 2.75) is 25.9 Å². The van der Waals surface area contributed by atoms with Crippen molar-refractivity contribution in [3.63, 3.8) is 0 Å². The molecule has 0 fully saturated rings. The Balaban J connectivity index is 1.56. The Morgan fingerprint density at radius 3 is 1.36 bits per heavy atom. The molecule has 0 amide bonds. The molecule has 0 heterocycles. The minimum atomic E-state index is 0.172. The van der Waals surface area contributed by atoms with E-state index in [9.17, 15) is 0 Å². The van der Waals surface area contributed by atoms with Gasteiger partial charge in [-0.15, -0.1) is 0 Å². The van der Waals surface area contributed by atoms with Crippen LogP contribution >= 0.6 is 0 Å². The summed E-state index contributed by atoms with van der Waals surface area (Å²) in [4.78, 5) is 0. The molecular weight excluding hydrogens is 302 g/mol. The molecule has 0 aromatic heterocycles. The van der Waals surface area contributed by atoms with E-state index in [4.69, 9.17) is 5.32 Å². The van der Waals surface area contributed by atoms with E-state index >= 15 is 0 Å². The monoisotopic (exact) mass is 324 g/mol. The van der Waals surface area contributed by atoms with Gasteiger partial charge in [0, 0.05) is 12.1 Å². The summed E-state index contributed by atoms with van der Waals surface area (Å²) in [6.45, 7) is 4.36. The van der Waals surface area contributed by atoms with Crippen molar-refractivity contribution < 1.29 is 0 Å². The minimum absolute atomic E-state index is 0.172. The Hall–Kier alpha value is -2.64. The lowest BCUT2D eigenvalue weighted by Crippen LogP contribution is -2.15. The Bertz CT molecular complexity index is 935. The third-order valence-corrected chi connectivity index (χ3v) is 4.96. The standard InChI is InChI=1S/C24H22N/c1-17(21-13-11-19-7-3-5-9-23(19)15-21)25-18(2)22-14-12-20-8-4-6-10-24(20)16-22/h3-18H,1-2H3. The minimum Gasteiger partial charge on any atom is -0.226 e. The lowest BCUT2D eigenvalue weighted by atomic mass is 9.99. The van der Waals surface area contributed by atoms with E-state index < -0.39 is 0 Å². The fourth-order valence-corrected chi connectivity index (χ4v) is 3.44. The summed E-state index contributed by atoms with van der Waals surface area (Å²) in [6.07, 6.45) is 0. The smallest absolute Gasteiger partial charge is 0.0474 e. The van der Waals surface area contributed by atoms with Gasteiger partial charge in [0.2, 0.25) is 0 Å². The number of hydrogen-bond acceptors (Lipinski definition) is 0. The van der Waals surface area contributed by atoms with Crippen LogP contribution in [0.4, 0.5) is 0 Å². The van der Waals surface area contributed by atoms with Gasteiger partial charge < -0.3 is 0 Å². The van der Waals surface area contributed by atoms with E-state index in [-0.39, 0.29) is 12.1 Å². The quantitative estimate of drug-likeness (QED) is 0.411. The van der Waals surface area contributed by atoms with E-state index in [0.717, 1.165) is 0 Å². The molecule has 2 atom stereocenters. The van der Waals surface area contributed by atoms with E-state index in [1.807, 2.05) is 0 Å². The van der Waals surface area contributed by atoms with Crippen LogP contribution in [-0.4, -0.2) is 0 Å². The molecule has 1 radical (unpaired) electrons. The van der Waals surface area contributed by atoms with Crippen LogP contribution in [0.5, 0.6) is 0 Å². The average molecular weight is 324 g/mol. The van der Waals surface area contributed by atoms with Gasteiger partial charge in [0.1, 0.15) is 0 Å². The third kappa shape index (κ3) is 3.29. The second-order valence-electron chi connectivity index (χ2n) is 6.71. The Labute approximate surface area is 149 Å². The zero-order valence-corrected chi connectivity index (χ0v) is 14.7. The van der Waals surface area contributed by atoms with Gasteiger partial charge in [0.15, 0.2) is 0 Å². The van der Waals surface area contributed by atoms with Gasteiger partial charge in [-0.3, -0.25) is 0 Å². The van der Waals surface area contributed by atoms with Crippen LogP contribution in [0.15, 0.2) is 84.9 Å². The first-order chi connectivity index (χ1) is 12.2. The summed E-state index contributed by atoms with van der Waals surface area (Å²) in [5, 5.41) is 10.1. The van der Waals surface area contributed by atoms with Crippen LogP contribution < -0.4 is 5.32 Å². The average Bonchev–Trinajstić information content (AvgIpc) is 2.67. The highest BCUT2D eigenvalue weighted by Gasteiger charge is 2.13. The number of nitrogens with zero attached hydrogens (tertiary/aromatic N) is 1. The van der Waals surface area contributed by atoms with Crippen molar-refractivity contribution in [2.24, 2.45) is 0 Å². The molecule has 2 unspecified atom stereocenters. The van der Waals surface area contributed by atoms with Gasteiger partial charge in [-0.2, -0.15) is 0 Å². The van der Waals surface area contributed by atoms with Crippen molar-refractivity contribution in [1.82, 2.24) is 5.32 Å². The maximum atomic E-state index is 5.03. The van der Waals surface area contributed by atoms with Gasteiger partial charge >= 0.3 is 0 Å². The van der Waals surface area contributed by atoms with Crippen LogP contribution in [0, 0.1) is 0 Å². The van der Waals surface area contributed by atoms with Crippen molar-refractivity contribution in [3.05, 3.63) is 96.1 Å². The first-order valence-corrected chi connectivity index (χ1v) is 8.88. The molecule has 0 aliphatic heterocycles. The molecule has 4 rings (SSSR count). The molecule has 25 heavy (non-hydrogen) atoms. The van der Waals surface area contributed by atoms with Crippen LogP contribution in [0.1, 0.15) is 37.1 Å². The summed E-state index contributed by atoms with van der Waals surface area (Å²) < 4.78 is 0. The van der Waals surface area contributed by atoms with Crippen LogP contribution in [0.2, 0.25) is 0 Å². The highest BCUT2D eigenvalue weighted by molar-refractivity contribution is 5.83. The molecule has 0 saturated heterocycles. The molecule has 0 aliphatic carbocycles. The SMILES string of the molecule is CC([N]C(C)c1ccc2ccccc2c1)c1ccc2ccccc2c1. The van der Waals surface area contributed by atoms with Crippen LogP contribution in [0.25, 0.3) is 21.5 Å². The molecule has 0 spiro atoms. The molecule has 123 valence electrons. The molecule has 0 aliphatic rings. The summed E-state index contributed by atoms with van der Waals surface area (Å²) >= 11 is 0. The molecule has 1 nitrogen and oxygen atoms in total. The third-order valence-electron chi connectivity index (χ3n) is 4.96. The lowest BCUT2D eigenvalue weighted by molar-refractivity contribution is 0.482. The Morgan fingerprint density at radius 2 is 0.920 bits per heavy atom. The second kappa shape index (κ2) is 6.70. The lowest BCUT2D eigenvalue weighted by Gasteiger charge is -2.19. The molecular formula is C24H22N. The molecule has 4 aromatic rings. The van der Waals surface area contributed by atoms with Crippen molar-refractivity contribution >= 4 is 21.5 Å². The summed E-state index contributed by atoms with van der Waals surface area (Å²) in [7, 11) is 0. The van der Waals surface area contributed by atoms with E-state index in [2.05, 4.69) is 98.8 Å². The summed E-state index contributed by atoms with van der Waals surface area (Å²) in [5.74, 6) is 0. The van der Waals surface area contributed by atoms with E-state index in [0.29, 0.717) is 0 Å².